The fourth-order valence-electron chi connectivity index (χ4n) is 4.12. The molecule has 31 heavy (non-hydrogen) atoms. The van der Waals surface area contributed by atoms with Crippen LogP contribution in [0.5, 0.6) is 0 Å². The monoisotopic (exact) mass is 402 g/mol. The fraction of sp³-hybridized carbons (Fsp3) is 0.0357. The van der Waals surface area contributed by atoms with E-state index in [0.29, 0.717) is 5.56 Å². The number of nitrogens with zero attached hydrogens (tertiary/aromatic N) is 1. The number of carbonyl (C=O) groups excluding carboxylic acids is 1. The van der Waals surface area contributed by atoms with Gasteiger partial charge in [-0.3, -0.25) is 9.69 Å². The third-order valence-corrected chi connectivity index (χ3v) is 5.56. The molecule has 1 N–H and O–H groups in total. The van der Waals surface area contributed by atoms with Crippen LogP contribution < -0.4 is 4.90 Å². The van der Waals surface area contributed by atoms with E-state index in [1.165, 1.54) is 0 Å². The van der Waals surface area contributed by atoms with Gasteiger partial charge in [0, 0.05) is 33.9 Å². The van der Waals surface area contributed by atoms with Crippen molar-refractivity contribution in [2.45, 2.75) is 6.04 Å². The predicted molar refractivity (Wildman–Crippen MR) is 126 cm³/mol. The molecule has 5 aromatic rings. The molecule has 3 heteroatoms. The van der Waals surface area contributed by atoms with Crippen LogP contribution in [0.1, 0.15) is 27.5 Å². The zero-order chi connectivity index (χ0) is 21.0. The average molecular weight is 402 g/mol. The van der Waals surface area contributed by atoms with Crippen molar-refractivity contribution in [3.05, 3.63) is 138 Å². The van der Waals surface area contributed by atoms with Crippen LogP contribution in [-0.2, 0) is 0 Å². The first-order valence-electron chi connectivity index (χ1n) is 10.4. The summed E-state index contributed by atoms with van der Waals surface area (Å²) in [5.74, 6) is -0.0362. The summed E-state index contributed by atoms with van der Waals surface area (Å²) in [5, 5.41) is 1.11. The van der Waals surface area contributed by atoms with Crippen LogP contribution in [0, 0.1) is 0 Å². The summed E-state index contributed by atoms with van der Waals surface area (Å²) in [7, 11) is 0. The second-order valence-corrected chi connectivity index (χ2v) is 7.48. The molecule has 0 aliphatic heterocycles. The van der Waals surface area contributed by atoms with Crippen LogP contribution in [0.4, 0.5) is 5.69 Å². The van der Waals surface area contributed by atoms with Crippen molar-refractivity contribution in [2.24, 2.45) is 0 Å². The Bertz CT molecular complexity index is 1290. The minimum absolute atomic E-state index is 0.0362. The molecule has 0 fully saturated rings. The van der Waals surface area contributed by atoms with Crippen molar-refractivity contribution in [2.75, 3.05) is 4.90 Å². The fourth-order valence-corrected chi connectivity index (χ4v) is 4.12. The van der Waals surface area contributed by atoms with Gasteiger partial charge in [0.2, 0.25) is 0 Å². The number of nitrogens with one attached hydrogen (secondary N) is 1. The van der Waals surface area contributed by atoms with Crippen molar-refractivity contribution in [1.29, 1.82) is 0 Å². The predicted octanol–water partition coefficient (Wildman–Crippen LogP) is 6.60. The Morgan fingerprint density at radius 3 is 1.97 bits per heavy atom. The number of amides is 1. The summed E-state index contributed by atoms with van der Waals surface area (Å²) >= 11 is 0. The molecule has 1 amide bonds. The molecule has 0 bridgehead atoms. The van der Waals surface area contributed by atoms with Crippen LogP contribution in [0.3, 0.4) is 0 Å². The van der Waals surface area contributed by atoms with Gasteiger partial charge in [0.05, 0.1) is 6.04 Å². The lowest BCUT2D eigenvalue weighted by molar-refractivity contribution is 0.0980. The smallest absolute Gasteiger partial charge is 0.259 e. The third kappa shape index (κ3) is 3.62. The van der Waals surface area contributed by atoms with E-state index in [4.69, 9.17) is 0 Å². The molecule has 0 radical (unpaired) electrons. The van der Waals surface area contributed by atoms with E-state index in [2.05, 4.69) is 29.2 Å². The van der Waals surface area contributed by atoms with E-state index in [9.17, 15) is 4.79 Å². The van der Waals surface area contributed by atoms with Gasteiger partial charge in [-0.2, -0.15) is 0 Å². The van der Waals surface area contributed by atoms with Gasteiger partial charge in [0.15, 0.2) is 0 Å². The van der Waals surface area contributed by atoms with Crippen LogP contribution in [0.2, 0.25) is 0 Å². The quantitative estimate of drug-likeness (QED) is 0.353. The number of para-hydroxylation sites is 2. The normalized spacial score (nSPS) is 11.9. The molecule has 5 rings (SSSR count). The zero-order valence-electron chi connectivity index (χ0n) is 17.0. The molecule has 1 heterocycles. The number of benzene rings is 4. The number of hydrogen-bond acceptors (Lipinski definition) is 1. The number of fused-ring (bicyclic) bond motifs is 1. The van der Waals surface area contributed by atoms with E-state index < -0.39 is 0 Å². The molecule has 3 nitrogen and oxygen atoms in total. The van der Waals surface area contributed by atoms with Crippen molar-refractivity contribution in [3.8, 4) is 0 Å². The van der Waals surface area contributed by atoms with Crippen molar-refractivity contribution in [1.82, 2.24) is 4.98 Å². The average Bonchev–Trinajstić information content (AvgIpc) is 3.27. The Kier molecular flexibility index (Phi) is 5.07. The maximum atomic E-state index is 13.9. The summed E-state index contributed by atoms with van der Waals surface area (Å²) in [6.45, 7) is 0. The molecule has 1 unspecified atom stereocenters. The number of anilines is 1. The maximum absolute atomic E-state index is 13.9. The lowest BCUT2D eigenvalue weighted by Crippen LogP contribution is -2.35. The Morgan fingerprint density at radius 2 is 1.26 bits per heavy atom. The third-order valence-electron chi connectivity index (χ3n) is 5.56. The van der Waals surface area contributed by atoms with E-state index in [1.54, 1.807) is 0 Å². The first kappa shape index (κ1) is 18.9. The van der Waals surface area contributed by atoms with Crippen LogP contribution in [0.25, 0.3) is 10.9 Å². The van der Waals surface area contributed by atoms with Gasteiger partial charge < -0.3 is 4.98 Å². The molecule has 150 valence electrons. The maximum Gasteiger partial charge on any atom is 0.259 e. The molecule has 0 spiro atoms. The summed E-state index contributed by atoms with van der Waals surface area (Å²) in [4.78, 5) is 19.2. The van der Waals surface area contributed by atoms with Crippen LogP contribution in [0.15, 0.2) is 121 Å². The van der Waals surface area contributed by atoms with Gasteiger partial charge in [-0.15, -0.1) is 0 Å². The number of carbonyl (C=O) groups is 1. The van der Waals surface area contributed by atoms with Crippen LogP contribution in [-0.4, -0.2) is 10.9 Å². The number of H-pyrrole nitrogens is 1. The SMILES string of the molecule is O=C(c1ccccc1)N(c1ccccc1)C(c1ccccc1)c1c[nH]c2ccccc12. The van der Waals surface area contributed by atoms with Crippen molar-refractivity contribution in [3.63, 3.8) is 0 Å². The highest BCUT2D eigenvalue weighted by Gasteiger charge is 2.30. The van der Waals surface area contributed by atoms with E-state index >= 15 is 0 Å². The number of hydrogen-bond donors (Lipinski definition) is 1. The minimum atomic E-state index is -0.285. The van der Waals surface area contributed by atoms with Gasteiger partial charge in [-0.05, 0) is 35.9 Å². The van der Waals surface area contributed by atoms with Gasteiger partial charge in [-0.25, -0.2) is 0 Å². The van der Waals surface area contributed by atoms with E-state index in [1.807, 2.05) is 102 Å². The van der Waals surface area contributed by atoms with Gasteiger partial charge in [0.25, 0.3) is 5.91 Å². The number of aromatic amines is 1. The highest BCUT2D eigenvalue weighted by Crippen LogP contribution is 2.37. The van der Waals surface area contributed by atoms with Gasteiger partial charge in [-0.1, -0.05) is 84.9 Å². The molecule has 1 aromatic heterocycles. The first-order chi connectivity index (χ1) is 15.3. The highest BCUT2D eigenvalue weighted by atomic mass is 16.2. The standard InChI is InChI=1S/C28H22N2O/c31-28(22-14-6-2-7-15-22)30(23-16-8-3-9-17-23)27(21-12-4-1-5-13-21)25-20-29-26-19-11-10-18-24(25)26/h1-20,27,29H. The Balaban J connectivity index is 1.75. The zero-order valence-corrected chi connectivity index (χ0v) is 17.0. The number of rotatable bonds is 5. The van der Waals surface area contributed by atoms with Gasteiger partial charge >= 0.3 is 0 Å². The second-order valence-electron chi connectivity index (χ2n) is 7.48. The minimum Gasteiger partial charge on any atom is -0.361 e. The molecule has 0 saturated heterocycles. The van der Waals surface area contributed by atoms with Crippen LogP contribution >= 0.6 is 0 Å². The van der Waals surface area contributed by atoms with E-state index in [0.717, 1.165) is 27.7 Å². The molecule has 0 aliphatic rings. The summed E-state index contributed by atoms with van der Waals surface area (Å²) < 4.78 is 0. The summed E-state index contributed by atoms with van der Waals surface area (Å²) in [5.41, 5.74) is 4.69. The second kappa shape index (κ2) is 8.33. The molecular weight excluding hydrogens is 380 g/mol. The van der Waals surface area contributed by atoms with E-state index in [-0.39, 0.29) is 11.9 Å². The number of aromatic nitrogens is 1. The van der Waals surface area contributed by atoms with Gasteiger partial charge in [0.1, 0.15) is 0 Å². The first-order valence-corrected chi connectivity index (χ1v) is 10.4. The molecular formula is C28H22N2O. The van der Waals surface area contributed by atoms with Crippen molar-refractivity contribution >= 4 is 22.5 Å². The lowest BCUT2D eigenvalue weighted by Gasteiger charge is -2.32. The Morgan fingerprint density at radius 1 is 0.677 bits per heavy atom. The topological polar surface area (TPSA) is 36.1 Å². The molecule has 0 saturated carbocycles. The summed E-state index contributed by atoms with van der Waals surface area (Å²) in [6, 6.07) is 37.5. The highest BCUT2D eigenvalue weighted by molar-refractivity contribution is 6.07. The Labute approximate surface area is 181 Å². The largest absolute Gasteiger partial charge is 0.361 e. The lowest BCUT2D eigenvalue weighted by atomic mass is 9.95. The molecule has 4 aromatic carbocycles. The molecule has 0 aliphatic carbocycles. The summed E-state index contributed by atoms with van der Waals surface area (Å²) in [6.07, 6.45) is 2.02. The van der Waals surface area contributed by atoms with Crippen molar-refractivity contribution < 1.29 is 4.79 Å². The molecule has 1 atom stereocenters. The Hall–Kier alpha value is -4.11.